The molecule has 2 aromatic rings. The Balaban J connectivity index is 1.77. The molecule has 3 rings (SSSR count). The third-order valence-electron chi connectivity index (χ3n) is 4.16. The molecule has 130 valence electrons. The standard InChI is InChI=1S/C19H19ClN2O2S/c1-3-15(12-4-7-14(20)8-5-12)21-19(24)13-6-9-17-16(10-13)22-18(23)11(2)25-17/h4-11,15H,3H2,1-2H3,(H,21,24)(H,22,23). The fourth-order valence-electron chi connectivity index (χ4n) is 2.71. The predicted octanol–water partition coefficient (Wildman–Crippen LogP) is 4.65. The zero-order chi connectivity index (χ0) is 18.0. The van der Waals surface area contributed by atoms with Gasteiger partial charge >= 0.3 is 0 Å². The normalized spacial score (nSPS) is 17.4. The second-order valence-corrected chi connectivity index (χ2v) is 7.77. The molecule has 0 saturated carbocycles. The highest BCUT2D eigenvalue weighted by Gasteiger charge is 2.24. The summed E-state index contributed by atoms with van der Waals surface area (Å²) in [5.74, 6) is -0.204. The van der Waals surface area contributed by atoms with Crippen molar-refractivity contribution in [1.29, 1.82) is 0 Å². The fourth-order valence-corrected chi connectivity index (χ4v) is 3.76. The van der Waals surface area contributed by atoms with Crippen LogP contribution in [-0.4, -0.2) is 17.1 Å². The predicted molar refractivity (Wildman–Crippen MR) is 102 cm³/mol. The van der Waals surface area contributed by atoms with Crippen LogP contribution in [0.4, 0.5) is 5.69 Å². The molecule has 2 aromatic carbocycles. The van der Waals surface area contributed by atoms with Gasteiger partial charge in [0, 0.05) is 15.5 Å². The van der Waals surface area contributed by atoms with Crippen LogP contribution in [0.5, 0.6) is 0 Å². The number of hydrogen-bond donors (Lipinski definition) is 2. The van der Waals surface area contributed by atoms with Crippen LogP contribution in [0.15, 0.2) is 47.4 Å². The first kappa shape index (κ1) is 17.8. The Bertz CT molecular complexity index is 808. The van der Waals surface area contributed by atoms with Gasteiger partial charge in [-0.15, -0.1) is 11.8 Å². The summed E-state index contributed by atoms with van der Waals surface area (Å²) >= 11 is 7.43. The Labute approximate surface area is 156 Å². The van der Waals surface area contributed by atoms with E-state index in [9.17, 15) is 9.59 Å². The Morgan fingerprint density at radius 2 is 2.00 bits per heavy atom. The number of benzene rings is 2. The number of fused-ring (bicyclic) bond motifs is 1. The smallest absolute Gasteiger partial charge is 0.251 e. The molecule has 2 N–H and O–H groups in total. The first-order chi connectivity index (χ1) is 12.0. The van der Waals surface area contributed by atoms with Gasteiger partial charge in [0.15, 0.2) is 0 Å². The van der Waals surface area contributed by atoms with Crippen molar-refractivity contribution in [2.45, 2.75) is 36.5 Å². The lowest BCUT2D eigenvalue weighted by Crippen LogP contribution is -2.29. The molecule has 1 aliphatic heterocycles. The largest absolute Gasteiger partial charge is 0.345 e. The van der Waals surface area contributed by atoms with Gasteiger partial charge in [-0.25, -0.2) is 0 Å². The van der Waals surface area contributed by atoms with E-state index >= 15 is 0 Å². The number of carbonyl (C=O) groups is 2. The number of anilines is 1. The summed E-state index contributed by atoms with van der Waals surface area (Å²) in [6.45, 7) is 3.88. The SMILES string of the molecule is CCC(NC(=O)c1ccc2c(c1)NC(=O)C(C)S2)c1ccc(Cl)cc1. The molecule has 0 radical (unpaired) electrons. The molecule has 0 fully saturated rings. The Morgan fingerprint density at radius 3 is 2.68 bits per heavy atom. The van der Waals surface area contributed by atoms with Crippen LogP contribution in [0.2, 0.25) is 5.02 Å². The molecule has 0 bridgehead atoms. The minimum Gasteiger partial charge on any atom is -0.345 e. The summed E-state index contributed by atoms with van der Waals surface area (Å²) in [6.07, 6.45) is 0.766. The van der Waals surface area contributed by atoms with Crippen LogP contribution in [-0.2, 0) is 4.79 Å². The van der Waals surface area contributed by atoms with E-state index in [4.69, 9.17) is 11.6 Å². The summed E-state index contributed by atoms with van der Waals surface area (Å²) < 4.78 is 0. The summed E-state index contributed by atoms with van der Waals surface area (Å²) in [6, 6.07) is 12.8. The van der Waals surface area contributed by atoms with Gasteiger partial charge in [0.2, 0.25) is 5.91 Å². The lowest BCUT2D eigenvalue weighted by atomic mass is 10.0. The first-order valence-corrected chi connectivity index (χ1v) is 9.41. The summed E-state index contributed by atoms with van der Waals surface area (Å²) in [5.41, 5.74) is 2.23. The third kappa shape index (κ3) is 3.99. The van der Waals surface area contributed by atoms with Crippen molar-refractivity contribution in [2.75, 3.05) is 5.32 Å². The van der Waals surface area contributed by atoms with E-state index in [1.54, 1.807) is 12.1 Å². The Morgan fingerprint density at radius 1 is 1.28 bits per heavy atom. The highest BCUT2D eigenvalue weighted by atomic mass is 35.5. The van der Waals surface area contributed by atoms with E-state index in [2.05, 4.69) is 10.6 Å². The zero-order valence-corrected chi connectivity index (χ0v) is 15.6. The van der Waals surface area contributed by atoms with Crippen molar-refractivity contribution in [3.63, 3.8) is 0 Å². The number of carbonyl (C=O) groups excluding carboxylic acids is 2. The second-order valence-electron chi connectivity index (χ2n) is 5.95. The average Bonchev–Trinajstić information content (AvgIpc) is 2.61. The highest BCUT2D eigenvalue weighted by Crippen LogP contribution is 2.36. The molecule has 2 amide bonds. The van der Waals surface area contributed by atoms with Gasteiger partial charge < -0.3 is 10.6 Å². The number of thioether (sulfide) groups is 1. The number of halogens is 1. The molecule has 2 atom stereocenters. The fraction of sp³-hybridized carbons (Fsp3) is 0.263. The maximum absolute atomic E-state index is 12.6. The third-order valence-corrected chi connectivity index (χ3v) is 5.59. The summed E-state index contributed by atoms with van der Waals surface area (Å²) in [7, 11) is 0. The topological polar surface area (TPSA) is 58.2 Å². The van der Waals surface area contributed by atoms with Gasteiger partial charge in [-0.2, -0.15) is 0 Å². The van der Waals surface area contributed by atoms with E-state index in [-0.39, 0.29) is 23.1 Å². The monoisotopic (exact) mass is 374 g/mol. The van der Waals surface area contributed by atoms with Crippen molar-refractivity contribution < 1.29 is 9.59 Å². The van der Waals surface area contributed by atoms with Crippen LogP contribution < -0.4 is 10.6 Å². The quantitative estimate of drug-likeness (QED) is 0.818. The van der Waals surface area contributed by atoms with Crippen molar-refractivity contribution in [1.82, 2.24) is 5.32 Å². The Kier molecular flexibility index (Phi) is 5.35. The number of amides is 2. The first-order valence-electron chi connectivity index (χ1n) is 8.16. The van der Waals surface area contributed by atoms with Crippen LogP contribution in [0.25, 0.3) is 0 Å². The Hall–Kier alpha value is -1.98. The van der Waals surface area contributed by atoms with Crippen LogP contribution in [0, 0.1) is 0 Å². The summed E-state index contributed by atoms with van der Waals surface area (Å²) in [4.78, 5) is 25.4. The molecule has 6 heteroatoms. The zero-order valence-electron chi connectivity index (χ0n) is 14.0. The molecule has 0 spiro atoms. The van der Waals surface area contributed by atoms with Crippen LogP contribution in [0.1, 0.15) is 42.2 Å². The molecular weight excluding hydrogens is 356 g/mol. The minimum atomic E-state index is -0.164. The number of nitrogens with one attached hydrogen (secondary N) is 2. The van der Waals surface area contributed by atoms with Crippen molar-refractivity contribution in [3.05, 3.63) is 58.6 Å². The second kappa shape index (κ2) is 7.50. The van der Waals surface area contributed by atoms with Crippen molar-refractivity contribution in [3.8, 4) is 0 Å². The van der Waals surface area contributed by atoms with E-state index in [1.807, 2.05) is 44.2 Å². The molecule has 0 aromatic heterocycles. The molecule has 0 saturated heterocycles. The molecule has 4 nitrogen and oxygen atoms in total. The van der Waals surface area contributed by atoms with E-state index < -0.39 is 0 Å². The minimum absolute atomic E-state index is 0.0392. The molecule has 2 unspecified atom stereocenters. The molecule has 1 aliphatic rings. The van der Waals surface area contributed by atoms with Gasteiger partial charge in [-0.1, -0.05) is 30.7 Å². The number of rotatable bonds is 4. The summed E-state index contributed by atoms with van der Waals surface area (Å²) in [5, 5.41) is 6.44. The molecule has 25 heavy (non-hydrogen) atoms. The molecule has 0 aliphatic carbocycles. The molecular formula is C19H19ClN2O2S. The van der Waals surface area contributed by atoms with Gasteiger partial charge in [0.05, 0.1) is 17.0 Å². The van der Waals surface area contributed by atoms with E-state index in [1.165, 1.54) is 11.8 Å². The van der Waals surface area contributed by atoms with Gasteiger partial charge in [-0.3, -0.25) is 9.59 Å². The maximum Gasteiger partial charge on any atom is 0.251 e. The average molecular weight is 375 g/mol. The van der Waals surface area contributed by atoms with E-state index in [0.29, 0.717) is 16.3 Å². The van der Waals surface area contributed by atoms with E-state index in [0.717, 1.165) is 16.9 Å². The number of hydrogen-bond acceptors (Lipinski definition) is 3. The van der Waals surface area contributed by atoms with Crippen LogP contribution in [0.3, 0.4) is 0 Å². The van der Waals surface area contributed by atoms with Crippen LogP contribution >= 0.6 is 23.4 Å². The maximum atomic E-state index is 12.6. The highest BCUT2D eigenvalue weighted by molar-refractivity contribution is 8.00. The van der Waals surface area contributed by atoms with Crippen molar-refractivity contribution >= 4 is 40.9 Å². The molecule has 1 heterocycles. The van der Waals surface area contributed by atoms with Gasteiger partial charge in [0.25, 0.3) is 5.91 Å². The van der Waals surface area contributed by atoms with Crippen molar-refractivity contribution in [2.24, 2.45) is 0 Å². The van der Waals surface area contributed by atoms with Gasteiger partial charge in [0.1, 0.15) is 0 Å². The lowest BCUT2D eigenvalue weighted by molar-refractivity contribution is -0.115. The lowest BCUT2D eigenvalue weighted by Gasteiger charge is -2.22. The van der Waals surface area contributed by atoms with Gasteiger partial charge in [-0.05, 0) is 49.2 Å².